The van der Waals surface area contributed by atoms with E-state index in [1.165, 1.54) is 0 Å². The SMILES string of the molecule is CCOc1ccc(Nc2ccc(C(=O)N(C)CCc3ccncc3)nc2)cc1. The highest BCUT2D eigenvalue weighted by atomic mass is 16.5. The van der Waals surface area contributed by atoms with Gasteiger partial charge in [-0.05, 0) is 67.4 Å². The Morgan fingerprint density at radius 2 is 1.75 bits per heavy atom. The summed E-state index contributed by atoms with van der Waals surface area (Å²) >= 11 is 0. The summed E-state index contributed by atoms with van der Waals surface area (Å²) in [5.74, 6) is 0.739. The second-order valence-corrected chi connectivity index (χ2v) is 6.35. The maximum atomic E-state index is 12.6. The van der Waals surface area contributed by atoms with Crippen molar-refractivity contribution < 1.29 is 9.53 Å². The van der Waals surface area contributed by atoms with Crippen molar-refractivity contribution in [3.63, 3.8) is 0 Å². The van der Waals surface area contributed by atoms with Crippen LogP contribution in [0.3, 0.4) is 0 Å². The summed E-state index contributed by atoms with van der Waals surface area (Å²) < 4.78 is 5.44. The average Bonchev–Trinajstić information content (AvgIpc) is 2.74. The number of benzene rings is 1. The molecule has 1 amide bonds. The van der Waals surface area contributed by atoms with Crippen LogP contribution in [0.2, 0.25) is 0 Å². The first-order valence-electron chi connectivity index (χ1n) is 9.26. The fraction of sp³-hybridized carbons (Fsp3) is 0.227. The Morgan fingerprint density at radius 3 is 2.39 bits per heavy atom. The van der Waals surface area contributed by atoms with Gasteiger partial charge < -0.3 is 15.0 Å². The Hall–Kier alpha value is -3.41. The van der Waals surface area contributed by atoms with E-state index in [2.05, 4.69) is 15.3 Å². The normalized spacial score (nSPS) is 10.4. The lowest BCUT2D eigenvalue weighted by Gasteiger charge is -2.17. The third-order valence-corrected chi connectivity index (χ3v) is 4.27. The van der Waals surface area contributed by atoms with Crippen molar-refractivity contribution in [3.8, 4) is 5.75 Å². The second kappa shape index (κ2) is 9.50. The standard InChI is InChI=1S/C22H24N4O2/c1-3-28-20-7-4-18(5-8-20)25-19-6-9-21(24-16-19)22(27)26(2)15-12-17-10-13-23-14-11-17/h4-11,13-14,16,25H,3,12,15H2,1-2H3. The van der Waals surface area contributed by atoms with Crippen LogP contribution in [0.25, 0.3) is 0 Å². The summed E-state index contributed by atoms with van der Waals surface area (Å²) in [5.41, 5.74) is 3.32. The van der Waals surface area contributed by atoms with Crippen molar-refractivity contribution in [3.05, 3.63) is 78.4 Å². The predicted molar refractivity (Wildman–Crippen MR) is 110 cm³/mol. The van der Waals surface area contributed by atoms with Gasteiger partial charge in [-0.15, -0.1) is 0 Å². The third-order valence-electron chi connectivity index (χ3n) is 4.27. The summed E-state index contributed by atoms with van der Waals surface area (Å²) in [4.78, 5) is 22.5. The van der Waals surface area contributed by atoms with E-state index in [-0.39, 0.29) is 5.91 Å². The number of ether oxygens (including phenoxy) is 1. The molecule has 0 radical (unpaired) electrons. The first-order valence-corrected chi connectivity index (χ1v) is 9.26. The predicted octanol–water partition coefficient (Wildman–Crippen LogP) is 3.93. The number of likely N-dealkylation sites (N-methyl/N-ethyl adjacent to an activating group) is 1. The summed E-state index contributed by atoms with van der Waals surface area (Å²) in [6, 6.07) is 15.2. The van der Waals surface area contributed by atoms with Crippen molar-refractivity contribution in [1.29, 1.82) is 0 Å². The van der Waals surface area contributed by atoms with Crippen LogP contribution in [0, 0.1) is 0 Å². The van der Waals surface area contributed by atoms with E-state index in [1.54, 1.807) is 36.6 Å². The minimum absolute atomic E-state index is 0.0957. The van der Waals surface area contributed by atoms with Gasteiger partial charge in [0.25, 0.3) is 5.91 Å². The van der Waals surface area contributed by atoms with Crippen molar-refractivity contribution in [2.45, 2.75) is 13.3 Å². The largest absolute Gasteiger partial charge is 0.494 e. The first-order chi connectivity index (χ1) is 13.7. The van der Waals surface area contributed by atoms with Crippen molar-refractivity contribution >= 4 is 17.3 Å². The van der Waals surface area contributed by atoms with Gasteiger partial charge in [0.2, 0.25) is 0 Å². The summed E-state index contributed by atoms with van der Waals surface area (Å²) in [6.07, 6.45) is 5.96. The number of pyridine rings is 2. The molecule has 0 aliphatic rings. The number of hydrogen-bond donors (Lipinski definition) is 1. The molecule has 3 rings (SSSR count). The zero-order valence-electron chi connectivity index (χ0n) is 16.1. The lowest BCUT2D eigenvalue weighted by Crippen LogP contribution is -2.29. The van der Waals surface area contributed by atoms with Gasteiger partial charge in [-0.25, -0.2) is 4.98 Å². The zero-order valence-corrected chi connectivity index (χ0v) is 16.1. The van der Waals surface area contributed by atoms with Gasteiger partial charge in [-0.1, -0.05) is 0 Å². The van der Waals surface area contributed by atoms with Crippen molar-refractivity contribution in [1.82, 2.24) is 14.9 Å². The van der Waals surface area contributed by atoms with Gasteiger partial charge in [0.05, 0.1) is 18.5 Å². The van der Waals surface area contributed by atoms with E-state index < -0.39 is 0 Å². The number of anilines is 2. The van der Waals surface area contributed by atoms with E-state index in [0.29, 0.717) is 18.8 Å². The second-order valence-electron chi connectivity index (χ2n) is 6.35. The Labute approximate surface area is 165 Å². The fourth-order valence-corrected chi connectivity index (χ4v) is 2.71. The van der Waals surface area contributed by atoms with Crippen LogP contribution in [0.1, 0.15) is 23.0 Å². The molecule has 0 aliphatic heterocycles. The topological polar surface area (TPSA) is 67.3 Å². The van der Waals surface area contributed by atoms with Crippen LogP contribution >= 0.6 is 0 Å². The molecule has 6 heteroatoms. The quantitative estimate of drug-likeness (QED) is 0.645. The Morgan fingerprint density at radius 1 is 1.04 bits per heavy atom. The monoisotopic (exact) mass is 376 g/mol. The highest BCUT2D eigenvalue weighted by Crippen LogP contribution is 2.20. The van der Waals surface area contributed by atoms with Gasteiger partial charge in [0, 0.05) is 31.7 Å². The molecular weight excluding hydrogens is 352 g/mol. The number of amides is 1. The lowest BCUT2D eigenvalue weighted by atomic mass is 10.2. The van der Waals surface area contributed by atoms with E-state index >= 15 is 0 Å². The Balaban J connectivity index is 1.56. The van der Waals surface area contributed by atoms with Crippen LogP contribution < -0.4 is 10.1 Å². The molecule has 3 aromatic rings. The van der Waals surface area contributed by atoms with E-state index in [9.17, 15) is 4.79 Å². The van der Waals surface area contributed by atoms with Crippen LogP contribution in [0.15, 0.2) is 67.1 Å². The van der Waals surface area contributed by atoms with Crippen LogP contribution in [0.5, 0.6) is 5.75 Å². The number of rotatable bonds is 8. The molecule has 144 valence electrons. The Kier molecular flexibility index (Phi) is 6.57. The number of aromatic nitrogens is 2. The number of carbonyl (C=O) groups is 1. The van der Waals surface area contributed by atoms with Gasteiger partial charge >= 0.3 is 0 Å². The molecule has 0 saturated carbocycles. The molecule has 0 spiro atoms. The molecular formula is C22H24N4O2. The van der Waals surface area contributed by atoms with Crippen molar-refractivity contribution in [2.24, 2.45) is 0 Å². The van der Waals surface area contributed by atoms with Gasteiger partial charge in [0.15, 0.2) is 0 Å². The number of nitrogens with zero attached hydrogens (tertiary/aromatic N) is 3. The summed E-state index contributed by atoms with van der Waals surface area (Å²) in [5, 5.41) is 3.27. The van der Waals surface area contributed by atoms with Gasteiger partial charge in [-0.2, -0.15) is 0 Å². The highest BCUT2D eigenvalue weighted by Gasteiger charge is 2.13. The summed E-state index contributed by atoms with van der Waals surface area (Å²) in [7, 11) is 1.79. The molecule has 2 heterocycles. The molecule has 1 aromatic carbocycles. The van der Waals surface area contributed by atoms with Gasteiger partial charge in [-0.3, -0.25) is 9.78 Å². The van der Waals surface area contributed by atoms with E-state index in [4.69, 9.17) is 4.74 Å². The maximum absolute atomic E-state index is 12.6. The van der Waals surface area contributed by atoms with Crippen LogP contribution in [-0.2, 0) is 6.42 Å². The molecule has 0 unspecified atom stereocenters. The summed E-state index contributed by atoms with van der Waals surface area (Å²) in [6.45, 7) is 3.22. The molecule has 0 bridgehead atoms. The van der Waals surface area contributed by atoms with Crippen molar-refractivity contribution in [2.75, 3.05) is 25.5 Å². The van der Waals surface area contributed by atoms with E-state index in [0.717, 1.165) is 29.1 Å². The smallest absolute Gasteiger partial charge is 0.272 e. The molecule has 0 atom stereocenters. The maximum Gasteiger partial charge on any atom is 0.272 e. The van der Waals surface area contributed by atoms with E-state index in [1.807, 2.05) is 49.4 Å². The molecule has 28 heavy (non-hydrogen) atoms. The first kappa shape index (κ1) is 19.4. The molecule has 0 fully saturated rings. The zero-order chi connectivity index (χ0) is 19.8. The number of nitrogens with one attached hydrogen (secondary N) is 1. The number of carbonyl (C=O) groups excluding carboxylic acids is 1. The Bertz CT molecular complexity index is 881. The third kappa shape index (κ3) is 5.30. The molecule has 0 saturated heterocycles. The average molecular weight is 376 g/mol. The molecule has 6 nitrogen and oxygen atoms in total. The van der Waals surface area contributed by atoms with Gasteiger partial charge in [0.1, 0.15) is 11.4 Å². The molecule has 0 aliphatic carbocycles. The molecule has 1 N–H and O–H groups in total. The number of hydrogen-bond acceptors (Lipinski definition) is 5. The minimum Gasteiger partial charge on any atom is -0.494 e. The lowest BCUT2D eigenvalue weighted by molar-refractivity contribution is 0.0791. The fourth-order valence-electron chi connectivity index (χ4n) is 2.71. The van der Waals surface area contributed by atoms with Crippen LogP contribution in [0.4, 0.5) is 11.4 Å². The molecule has 2 aromatic heterocycles. The van der Waals surface area contributed by atoms with Crippen LogP contribution in [-0.4, -0.2) is 41.0 Å². The minimum atomic E-state index is -0.0957. The highest BCUT2D eigenvalue weighted by molar-refractivity contribution is 5.92.